The molecule has 0 saturated heterocycles. The van der Waals surface area contributed by atoms with Crippen molar-refractivity contribution in [1.82, 2.24) is 4.90 Å². The van der Waals surface area contributed by atoms with Crippen LogP contribution in [-0.2, 0) is 21.6 Å². The van der Waals surface area contributed by atoms with Crippen LogP contribution in [0.25, 0.3) is 11.0 Å². The quantitative estimate of drug-likeness (QED) is 0.273. The summed E-state index contributed by atoms with van der Waals surface area (Å²) in [6, 6.07) is 17.8. The molecule has 0 aliphatic carbocycles. The van der Waals surface area contributed by atoms with Crippen molar-refractivity contribution < 1.29 is 23.1 Å². The third-order valence-electron chi connectivity index (χ3n) is 7.46. The zero-order valence-electron chi connectivity index (χ0n) is 21.9. The van der Waals surface area contributed by atoms with Gasteiger partial charge in [0.1, 0.15) is 11.4 Å². The zero-order valence-corrected chi connectivity index (χ0v) is 22.7. The summed E-state index contributed by atoms with van der Waals surface area (Å²) in [5.41, 5.74) is -0.693. The van der Waals surface area contributed by atoms with Gasteiger partial charge in [0.05, 0.1) is 29.3 Å². The first kappa shape index (κ1) is 26.2. The van der Waals surface area contributed by atoms with E-state index in [-0.39, 0.29) is 41.5 Å². The van der Waals surface area contributed by atoms with E-state index in [4.69, 9.17) is 20.8 Å². The second kappa shape index (κ2) is 9.87. The molecule has 2 aliphatic heterocycles. The lowest BCUT2D eigenvalue weighted by Crippen LogP contribution is -2.53. The molecule has 1 aromatic heterocycles. The highest BCUT2D eigenvalue weighted by Gasteiger charge is 2.64. The molecule has 4 aromatic rings. The van der Waals surface area contributed by atoms with Gasteiger partial charge in [-0.1, -0.05) is 48.0 Å². The molecule has 7 nitrogen and oxygen atoms in total. The van der Waals surface area contributed by atoms with Crippen molar-refractivity contribution in [3.05, 3.63) is 110 Å². The van der Waals surface area contributed by atoms with Gasteiger partial charge >= 0.3 is 0 Å². The molecule has 6 rings (SSSR count). The lowest BCUT2D eigenvalue weighted by atomic mass is 9.84. The summed E-state index contributed by atoms with van der Waals surface area (Å²) in [5, 5.41) is 0.450. The molecule has 2 amide bonds. The Balaban J connectivity index is 1.58. The summed E-state index contributed by atoms with van der Waals surface area (Å²) in [5.74, 6) is -1.89. The number of fused-ring (bicyclic) bond motifs is 5. The van der Waals surface area contributed by atoms with Gasteiger partial charge in [-0.25, -0.2) is 4.39 Å². The van der Waals surface area contributed by atoms with E-state index in [2.05, 4.69) is 0 Å². The standard InChI is InChI=1S/C31H26ClFN2O5/c1-18(2)39-15-7-14-35-29(37)28-26(27(36)21-16-20(33)12-13-25(21)40-28)31(35)22-9-4-6-11-24(22)34(30(31)38)17-19-8-3-5-10-23(19)32/h3-6,8-13,16,18H,7,14-15,17H2,1-2H3. The molecule has 1 atom stereocenters. The molecule has 40 heavy (non-hydrogen) atoms. The molecule has 3 heterocycles. The van der Waals surface area contributed by atoms with Gasteiger partial charge in [0.2, 0.25) is 5.76 Å². The topological polar surface area (TPSA) is 80.1 Å². The van der Waals surface area contributed by atoms with Crippen LogP contribution in [0.3, 0.4) is 0 Å². The maximum atomic E-state index is 14.7. The van der Waals surface area contributed by atoms with Crippen LogP contribution in [0.1, 0.15) is 47.5 Å². The summed E-state index contributed by atoms with van der Waals surface area (Å²) in [6.45, 7) is 4.42. The molecule has 0 N–H and O–H groups in total. The Morgan fingerprint density at radius 3 is 2.55 bits per heavy atom. The number of nitrogens with zero attached hydrogens (tertiary/aromatic N) is 2. The smallest absolute Gasteiger partial charge is 0.291 e. The Kier molecular flexibility index (Phi) is 6.47. The Morgan fingerprint density at radius 1 is 1.02 bits per heavy atom. The molecule has 0 bridgehead atoms. The van der Waals surface area contributed by atoms with E-state index >= 15 is 0 Å². The number of hydrogen-bond acceptors (Lipinski definition) is 5. The Morgan fingerprint density at radius 2 is 1.77 bits per heavy atom. The van der Waals surface area contributed by atoms with Crippen LogP contribution in [-0.4, -0.2) is 36.0 Å². The minimum Gasteiger partial charge on any atom is -0.450 e. The molecular formula is C31H26ClFN2O5. The third kappa shape index (κ3) is 3.85. The molecule has 3 aromatic carbocycles. The molecular weight excluding hydrogens is 535 g/mol. The number of amides is 2. The van der Waals surface area contributed by atoms with Crippen molar-refractivity contribution in [1.29, 1.82) is 0 Å². The predicted molar refractivity (Wildman–Crippen MR) is 149 cm³/mol. The predicted octanol–water partition coefficient (Wildman–Crippen LogP) is 5.65. The number of carbonyl (C=O) groups is 2. The number of ether oxygens (including phenoxy) is 1. The van der Waals surface area contributed by atoms with Crippen molar-refractivity contribution in [2.75, 3.05) is 18.1 Å². The van der Waals surface area contributed by atoms with E-state index < -0.39 is 28.6 Å². The van der Waals surface area contributed by atoms with Crippen molar-refractivity contribution in [2.24, 2.45) is 0 Å². The maximum Gasteiger partial charge on any atom is 0.291 e. The molecule has 0 radical (unpaired) electrons. The monoisotopic (exact) mass is 560 g/mol. The van der Waals surface area contributed by atoms with E-state index in [1.807, 2.05) is 26.0 Å². The molecule has 2 aliphatic rings. The SMILES string of the molecule is CC(C)OCCCN1C(=O)c2oc3ccc(F)cc3c(=O)c2C12C(=O)N(Cc1ccccc1Cl)c1ccccc12. The molecule has 1 unspecified atom stereocenters. The van der Waals surface area contributed by atoms with Crippen LogP contribution < -0.4 is 10.3 Å². The minimum absolute atomic E-state index is 0.0103. The fourth-order valence-electron chi connectivity index (χ4n) is 5.76. The molecule has 0 saturated carbocycles. The van der Waals surface area contributed by atoms with Crippen LogP contribution in [0.4, 0.5) is 10.1 Å². The number of rotatable bonds is 7. The molecule has 9 heteroatoms. The van der Waals surface area contributed by atoms with Gasteiger partial charge in [0.25, 0.3) is 11.8 Å². The fourth-order valence-corrected chi connectivity index (χ4v) is 5.95. The van der Waals surface area contributed by atoms with Gasteiger partial charge in [0.15, 0.2) is 11.0 Å². The van der Waals surface area contributed by atoms with Gasteiger partial charge < -0.3 is 19.0 Å². The summed E-state index contributed by atoms with van der Waals surface area (Å²) in [7, 11) is 0. The third-order valence-corrected chi connectivity index (χ3v) is 7.83. The Hall–Kier alpha value is -4.01. The van der Waals surface area contributed by atoms with Gasteiger partial charge in [-0.2, -0.15) is 0 Å². The number of carbonyl (C=O) groups excluding carboxylic acids is 2. The largest absolute Gasteiger partial charge is 0.450 e. The first-order valence-electron chi connectivity index (χ1n) is 13.1. The second-order valence-corrected chi connectivity index (χ2v) is 10.6. The number of hydrogen-bond donors (Lipinski definition) is 0. The highest BCUT2D eigenvalue weighted by molar-refractivity contribution is 6.31. The van der Waals surface area contributed by atoms with Crippen molar-refractivity contribution in [3.63, 3.8) is 0 Å². The lowest BCUT2D eigenvalue weighted by Gasteiger charge is -2.34. The molecule has 0 fully saturated rings. The van der Waals surface area contributed by atoms with Crippen LogP contribution in [0.15, 0.2) is 75.9 Å². The maximum absolute atomic E-state index is 14.7. The Bertz CT molecular complexity index is 1730. The van der Waals surface area contributed by atoms with E-state index in [1.54, 1.807) is 41.3 Å². The first-order chi connectivity index (χ1) is 19.2. The van der Waals surface area contributed by atoms with E-state index in [0.717, 1.165) is 12.1 Å². The van der Waals surface area contributed by atoms with Crippen LogP contribution >= 0.6 is 11.6 Å². The normalized spacial score (nSPS) is 17.9. The number of benzene rings is 3. The van der Waals surface area contributed by atoms with Gasteiger partial charge in [-0.05, 0) is 56.2 Å². The lowest BCUT2D eigenvalue weighted by molar-refractivity contribution is -0.126. The van der Waals surface area contributed by atoms with Crippen LogP contribution in [0.5, 0.6) is 0 Å². The van der Waals surface area contributed by atoms with E-state index in [1.165, 1.54) is 11.0 Å². The average molecular weight is 561 g/mol. The second-order valence-electron chi connectivity index (χ2n) is 10.2. The minimum atomic E-state index is -1.79. The molecule has 204 valence electrons. The average Bonchev–Trinajstić information content (AvgIpc) is 3.32. The summed E-state index contributed by atoms with van der Waals surface area (Å²) >= 11 is 6.46. The van der Waals surface area contributed by atoms with Gasteiger partial charge in [0, 0.05) is 23.7 Å². The van der Waals surface area contributed by atoms with Gasteiger partial charge in [-0.15, -0.1) is 0 Å². The van der Waals surface area contributed by atoms with E-state index in [0.29, 0.717) is 34.9 Å². The highest BCUT2D eigenvalue weighted by atomic mass is 35.5. The van der Waals surface area contributed by atoms with Crippen molar-refractivity contribution >= 4 is 40.1 Å². The van der Waals surface area contributed by atoms with Crippen LogP contribution in [0, 0.1) is 5.82 Å². The summed E-state index contributed by atoms with van der Waals surface area (Å²) in [4.78, 5) is 45.8. The highest BCUT2D eigenvalue weighted by Crippen LogP contribution is 2.53. The number of halogens is 2. The summed E-state index contributed by atoms with van der Waals surface area (Å²) in [6.07, 6.45) is 0.408. The Labute approximate surface area is 234 Å². The van der Waals surface area contributed by atoms with Gasteiger partial charge in [-0.3, -0.25) is 14.4 Å². The fraction of sp³-hybridized carbons (Fsp3) is 0.258. The first-order valence-corrected chi connectivity index (χ1v) is 13.5. The number of para-hydroxylation sites is 1. The molecule has 1 spiro atoms. The number of anilines is 1. The van der Waals surface area contributed by atoms with Crippen LogP contribution in [0.2, 0.25) is 5.02 Å². The van der Waals surface area contributed by atoms with Crippen molar-refractivity contribution in [2.45, 2.75) is 38.5 Å². The van der Waals surface area contributed by atoms with Crippen molar-refractivity contribution in [3.8, 4) is 0 Å². The summed E-state index contributed by atoms with van der Waals surface area (Å²) < 4.78 is 25.9. The zero-order chi connectivity index (χ0) is 28.2. The van der Waals surface area contributed by atoms with E-state index in [9.17, 15) is 18.8 Å².